The second-order valence-corrected chi connectivity index (χ2v) is 8.94. The first-order chi connectivity index (χ1) is 13.1. The molecule has 7 heteroatoms. The number of aryl methyl sites for hydroxylation is 1. The molecule has 1 aliphatic heterocycles. The van der Waals surface area contributed by atoms with E-state index in [1.807, 2.05) is 24.0 Å². The molecule has 1 amide bonds. The molecule has 0 atom stereocenters. The number of benzene rings is 1. The van der Waals surface area contributed by atoms with E-state index in [9.17, 15) is 4.79 Å². The van der Waals surface area contributed by atoms with Gasteiger partial charge in [0.05, 0.1) is 23.4 Å². The first-order valence-electron chi connectivity index (χ1n) is 9.80. The Morgan fingerprint density at radius 1 is 1.33 bits per heavy atom. The second-order valence-electron chi connectivity index (χ2n) is 7.49. The smallest absolute Gasteiger partial charge is 0.231 e. The average Bonchev–Trinajstić information content (AvgIpc) is 3.32. The number of ether oxygens (including phenoxy) is 1. The summed E-state index contributed by atoms with van der Waals surface area (Å²) in [6.45, 7) is 6.97. The Hall–Kier alpha value is -1.21. The van der Waals surface area contributed by atoms with Crippen molar-refractivity contribution in [1.29, 1.82) is 0 Å². The highest BCUT2D eigenvalue weighted by molar-refractivity contribution is 7.22. The van der Waals surface area contributed by atoms with Gasteiger partial charge >= 0.3 is 0 Å². The van der Waals surface area contributed by atoms with Crippen LogP contribution in [0, 0.1) is 12.8 Å². The third-order valence-corrected chi connectivity index (χ3v) is 6.83. The Morgan fingerprint density at radius 2 is 2.07 bits per heavy atom. The van der Waals surface area contributed by atoms with Crippen molar-refractivity contribution in [3.63, 3.8) is 0 Å². The third kappa shape index (κ3) is 4.29. The monoisotopic (exact) mass is 407 g/mol. The number of fused-ring (bicyclic) bond motifs is 1. The van der Waals surface area contributed by atoms with Crippen molar-refractivity contribution in [2.45, 2.75) is 32.6 Å². The minimum absolute atomic E-state index is 0.145. The van der Waals surface area contributed by atoms with E-state index in [0.717, 1.165) is 84.5 Å². The summed E-state index contributed by atoms with van der Waals surface area (Å²) >= 11 is 7.80. The summed E-state index contributed by atoms with van der Waals surface area (Å²) in [7, 11) is 0. The van der Waals surface area contributed by atoms with Gasteiger partial charge in [0.1, 0.15) is 0 Å². The molecule has 0 radical (unpaired) electrons. The van der Waals surface area contributed by atoms with Gasteiger partial charge in [-0.3, -0.25) is 14.6 Å². The predicted molar refractivity (Wildman–Crippen MR) is 111 cm³/mol. The molecule has 0 bridgehead atoms. The molecule has 1 aromatic heterocycles. The Kier molecular flexibility index (Phi) is 5.97. The van der Waals surface area contributed by atoms with Gasteiger partial charge in [-0.25, -0.2) is 4.98 Å². The number of thiazole rings is 1. The maximum Gasteiger partial charge on any atom is 0.231 e. The number of rotatable bonds is 5. The van der Waals surface area contributed by atoms with E-state index >= 15 is 0 Å². The van der Waals surface area contributed by atoms with Crippen LogP contribution in [0.1, 0.15) is 31.2 Å². The molecule has 2 heterocycles. The van der Waals surface area contributed by atoms with E-state index in [0.29, 0.717) is 6.54 Å². The van der Waals surface area contributed by atoms with Gasteiger partial charge in [-0.15, -0.1) is 0 Å². The molecule has 1 saturated carbocycles. The summed E-state index contributed by atoms with van der Waals surface area (Å²) in [6.07, 6.45) is 4.32. The average molecular weight is 408 g/mol. The SMILES string of the molecule is Cc1cc(Cl)cc2sc(N(CCN3CCOCC3)C(=O)C3CCCC3)nc12. The van der Waals surface area contributed by atoms with E-state index < -0.39 is 0 Å². The Bertz CT molecular complexity index is 813. The van der Waals surface area contributed by atoms with Crippen molar-refractivity contribution in [2.24, 2.45) is 5.92 Å². The van der Waals surface area contributed by atoms with Crippen LogP contribution in [0.4, 0.5) is 5.13 Å². The maximum atomic E-state index is 13.3. The van der Waals surface area contributed by atoms with Crippen LogP contribution < -0.4 is 4.90 Å². The molecule has 1 aromatic carbocycles. The molecule has 5 nitrogen and oxygen atoms in total. The van der Waals surface area contributed by atoms with E-state index in [1.54, 1.807) is 11.3 Å². The fourth-order valence-corrected chi connectivity index (χ4v) is 5.47. The number of morpholine rings is 1. The lowest BCUT2D eigenvalue weighted by Crippen LogP contribution is -2.44. The molecule has 4 rings (SSSR count). The highest BCUT2D eigenvalue weighted by Crippen LogP contribution is 2.35. The Balaban J connectivity index is 1.59. The Morgan fingerprint density at radius 3 is 2.81 bits per heavy atom. The van der Waals surface area contributed by atoms with Crippen LogP contribution in [0.3, 0.4) is 0 Å². The predicted octanol–water partition coefficient (Wildman–Crippen LogP) is 4.11. The van der Waals surface area contributed by atoms with Crippen LogP contribution in [0.15, 0.2) is 12.1 Å². The van der Waals surface area contributed by atoms with Gasteiger partial charge in [-0.2, -0.15) is 0 Å². The van der Waals surface area contributed by atoms with Gasteiger partial charge < -0.3 is 4.74 Å². The standard InChI is InChI=1S/C20H26ClN3O2S/c1-14-12-16(21)13-17-18(14)22-20(27-17)24(19(25)15-4-2-3-5-15)7-6-23-8-10-26-11-9-23/h12-13,15H,2-11H2,1H3. The molecule has 2 aromatic rings. The van der Waals surface area contributed by atoms with Crippen molar-refractivity contribution >= 4 is 44.2 Å². The van der Waals surface area contributed by atoms with Crippen LogP contribution in [0.2, 0.25) is 5.02 Å². The topological polar surface area (TPSA) is 45.7 Å². The summed E-state index contributed by atoms with van der Waals surface area (Å²) in [6, 6.07) is 3.88. The van der Waals surface area contributed by atoms with Gasteiger partial charge in [0.25, 0.3) is 0 Å². The minimum Gasteiger partial charge on any atom is -0.379 e. The van der Waals surface area contributed by atoms with Crippen molar-refractivity contribution in [3.8, 4) is 0 Å². The summed E-state index contributed by atoms with van der Waals surface area (Å²) in [5, 5.41) is 1.53. The first-order valence-corrected chi connectivity index (χ1v) is 11.0. The zero-order valence-corrected chi connectivity index (χ0v) is 17.3. The molecule has 0 N–H and O–H groups in total. The van der Waals surface area contributed by atoms with Gasteiger partial charge in [0.15, 0.2) is 5.13 Å². The number of nitrogens with zero attached hydrogens (tertiary/aromatic N) is 3. The van der Waals surface area contributed by atoms with Gasteiger partial charge in [0.2, 0.25) is 5.91 Å². The van der Waals surface area contributed by atoms with Crippen LogP contribution in [0.25, 0.3) is 10.2 Å². The number of anilines is 1. The van der Waals surface area contributed by atoms with Crippen molar-refractivity contribution < 1.29 is 9.53 Å². The largest absolute Gasteiger partial charge is 0.379 e. The third-order valence-electron chi connectivity index (χ3n) is 5.58. The van der Waals surface area contributed by atoms with Crippen LogP contribution >= 0.6 is 22.9 Å². The molecule has 0 unspecified atom stereocenters. The first kappa shape index (κ1) is 19.1. The minimum atomic E-state index is 0.145. The van der Waals surface area contributed by atoms with Gasteiger partial charge in [-0.1, -0.05) is 35.8 Å². The molecular formula is C20H26ClN3O2S. The van der Waals surface area contributed by atoms with Crippen molar-refractivity contribution in [3.05, 3.63) is 22.7 Å². The van der Waals surface area contributed by atoms with Gasteiger partial charge in [0, 0.05) is 37.1 Å². The van der Waals surface area contributed by atoms with Crippen LogP contribution in [-0.2, 0) is 9.53 Å². The Labute approximate surface area is 169 Å². The molecule has 0 spiro atoms. The zero-order valence-electron chi connectivity index (χ0n) is 15.7. The number of carbonyl (C=O) groups excluding carboxylic acids is 1. The number of amides is 1. The fourth-order valence-electron chi connectivity index (χ4n) is 4.02. The molecule has 146 valence electrons. The molecular weight excluding hydrogens is 382 g/mol. The molecule has 27 heavy (non-hydrogen) atoms. The molecule has 2 fully saturated rings. The van der Waals surface area contributed by atoms with E-state index in [2.05, 4.69) is 4.90 Å². The lowest BCUT2D eigenvalue weighted by molar-refractivity contribution is -0.122. The number of hydrogen-bond donors (Lipinski definition) is 0. The summed E-state index contributed by atoms with van der Waals surface area (Å²) in [4.78, 5) is 22.4. The highest BCUT2D eigenvalue weighted by atomic mass is 35.5. The normalized spacial score (nSPS) is 19.0. The summed E-state index contributed by atoms with van der Waals surface area (Å²) in [5.74, 6) is 0.384. The number of halogens is 1. The lowest BCUT2D eigenvalue weighted by Gasteiger charge is -2.30. The number of carbonyl (C=O) groups is 1. The number of aromatic nitrogens is 1. The van der Waals surface area contributed by atoms with E-state index in [4.69, 9.17) is 21.3 Å². The summed E-state index contributed by atoms with van der Waals surface area (Å²) in [5.41, 5.74) is 2.01. The molecule has 2 aliphatic rings. The van der Waals surface area contributed by atoms with Crippen molar-refractivity contribution in [2.75, 3.05) is 44.3 Å². The van der Waals surface area contributed by atoms with Crippen LogP contribution in [-0.4, -0.2) is 55.2 Å². The van der Waals surface area contributed by atoms with Crippen molar-refractivity contribution in [1.82, 2.24) is 9.88 Å². The number of hydrogen-bond acceptors (Lipinski definition) is 5. The molecule has 1 saturated heterocycles. The quantitative estimate of drug-likeness (QED) is 0.748. The maximum absolute atomic E-state index is 13.3. The highest BCUT2D eigenvalue weighted by Gasteiger charge is 2.30. The molecule has 1 aliphatic carbocycles. The van der Waals surface area contributed by atoms with Crippen LogP contribution in [0.5, 0.6) is 0 Å². The lowest BCUT2D eigenvalue weighted by atomic mass is 10.1. The van der Waals surface area contributed by atoms with E-state index in [1.165, 1.54) is 0 Å². The zero-order chi connectivity index (χ0) is 18.8. The van der Waals surface area contributed by atoms with Gasteiger partial charge in [-0.05, 0) is 37.5 Å². The van der Waals surface area contributed by atoms with E-state index in [-0.39, 0.29) is 11.8 Å². The fraction of sp³-hybridized carbons (Fsp3) is 0.600. The summed E-state index contributed by atoms with van der Waals surface area (Å²) < 4.78 is 6.49. The second kappa shape index (κ2) is 8.43.